The minimum absolute atomic E-state index is 0.624. The van der Waals surface area contributed by atoms with Gasteiger partial charge >= 0.3 is 0 Å². The predicted octanol–water partition coefficient (Wildman–Crippen LogP) is 2.73. The summed E-state index contributed by atoms with van der Waals surface area (Å²) in [6, 6.07) is 3.60. The van der Waals surface area contributed by atoms with Crippen molar-refractivity contribution < 1.29 is 0 Å². The fraction of sp³-hybridized carbons (Fsp3) is 0.143. The molecule has 0 heterocycles. The van der Waals surface area contributed by atoms with Crippen LogP contribution in [-0.4, -0.2) is 7.05 Å². The van der Waals surface area contributed by atoms with Crippen LogP contribution in [0.3, 0.4) is 0 Å². The highest BCUT2D eigenvalue weighted by Gasteiger charge is 2.03. The first-order valence-electron chi connectivity index (χ1n) is 3.07. The monoisotopic (exact) mass is 234 g/mol. The first kappa shape index (κ1) is 8.68. The number of nitrogens with one attached hydrogen (secondary N) is 1. The van der Waals surface area contributed by atoms with Crippen molar-refractivity contribution in [3.8, 4) is 0 Å². The molecule has 0 aliphatic carbocycles. The molecule has 0 unspecified atom stereocenters. The van der Waals surface area contributed by atoms with Gasteiger partial charge in [-0.15, -0.1) is 0 Å². The van der Waals surface area contributed by atoms with Crippen molar-refractivity contribution in [3.63, 3.8) is 0 Å². The number of halogens is 2. The Hall–Kier alpha value is -0.410. The van der Waals surface area contributed by atoms with Gasteiger partial charge in [0.1, 0.15) is 0 Å². The van der Waals surface area contributed by atoms with Gasteiger partial charge in [0.05, 0.1) is 16.4 Å². The number of benzene rings is 1. The van der Waals surface area contributed by atoms with Crippen LogP contribution in [0.1, 0.15) is 0 Å². The normalized spacial score (nSPS) is 9.73. The van der Waals surface area contributed by atoms with Crippen LogP contribution in [0.2, 0.25) is 5.02 Å². The third-order valence-corrected chi connectivity index (χ3v) is 2.09. The Bertz CT molecular complexity index is 252. The fourth-order valence-electron chi connectivity index (χ4n) is 0.857. The molecule has 0 aliphatic rings. The van der Waals surface area contributed by atoms with Crippen LogP contribution in [0.5, 0.6) is 0 Å². The van der Waals surface area contributed by atoms with Crippen LogP contribution >= 0.6 is 27.5 Å². The molecule has 0 atom stereocenters. The molecule has 0 radical (unpaired) electrons. The molecule has 0 spiro atoms. The lowest BCUT2D eigenvalue weighted by atomic mass is 10.3. The molecular weight excluding hydrogens is 227 g/mol. The molecule has 1 aromatic rings. The number of nitrogen functional groups attached to an aromatic ring is 1. The minimum Gasteiger partial charge on any atom is -0.397 e. The van der Waals surface area contributed by atoms with E-state index in [0.717, 1.165) is 10.2 Å². The smallest absolute Gasteiger partial charge is 0.0761 e. The summed E-state index contributed by atoms with van der Waals surface area (Å²) >= 11 is 9.15. The van der Waals surface area contributed by atoms with Crippen molar-refractivity contribution in [1.82, 2.24) is 0 Å². The van der Waals surface area contributed by atoms with Gasteiger partial charge in [-0.3, -0.25) is 0 Å². The maximum atomic E-state index is 5.86. The second-order valence-corrected chi connectivity index (χ2v) is 3.42. The van der Waals surface area contributed by atoms with E-state index in [2.05, 4.69) is 21.2 Å². The van der Waals surface area contributed by atoms with Gasteiger partial charge in [0, 0.05) is 11.5 Å². The number of hydrogen-bond acceptors (Lipinski definition) is 2. The van der Waals surface area contributed by atoms with Crippen LogP contribution in [0.15, 0.2) is 16.6 Å². The van der Waals surface area contributed by atoms with Crippen LogP contribution in [0.25, 0.3) is 0 Å². The molecule has 0 fully saturated rings. The van der Waals surface area contributed by atoms with E-state index >= 15 is 0 Å². The molecule has 0 saturated carbocycles. The zero-order chi connectivity index (χ0) is 8.43. The molecule has 11 heavy (non-hydrogen) atoms. The molecule has 2 nitrogen and oxygen atoms in total. The highest BCUT2D eigenvalue weighted by atomic mass is 79.9. The summed E-state index contributed by atoms with van der Waals surface area (Å²) in [4.78, 5) is 0. The Morgan fingerprint density at radius 2 is 2.18 bits per heavy atom. The number of rotatable bonds is 1. The highest BCUT2D eigenvalue weighted by Crippen LogP contribution is 2.31. The largest absolute Gasteiger partial charge is 0.397 e. The Morgan fingerprint density at radius 3 is 2.64 bits per heavy atom. The van der Waals surface area contributed by atoms with Crippen molar-refractivity contribution in [2.45, 2.75) is 0 Å². The van der Waals surface area contributed by atoms with E-state index in [1.807, 2.05) is 0 Å². The zero-order valence-electron chi connectivity index (χ0n) is 5.99. The molecule has 60 valence electrons. The van der Waals surface area contributed by atoms with Crippen LogP contribution < -0.4 is 11.1 Å². The molecule has 4 heteroatoms. The summed E-state index contributed by atoms with van der Waals surface area (Å²) in [5, 5.41) is 3.54. The Kier molecular flexibility index (Phi) is 2.62. The second-order valence-electron chi connectivity index (χ2n) is 2.10. The van der Waals surface area contributed by atoms with Crippen molar-refractivity contribution >= 4 is 38.9 Å². The van der Waals surface area contributed by atoms with Gasteiger partial charge in [-0.2, -0.15) is 0 Å². The molecule has 1 rings (SSSR count). The van der Waals surface area contributed by atoms with E-state index in [1.54, 1.807) is 19.2 Å². The second kappa shape index (κ2) is 3.32. The SMILES string of the molecule is CNc1c(N)cc(Br)cc1Cl. The van der Waals surface area contributed by atoms with Gasteiger partial charge in [0.25, 0.3) is 0 Å². The van der Waals surface area contributed by atoms with Crippen molar-refractivity contribution in [2.75, 3.05) is 18.1 Å². The molecular formula is C7H8BrClN2. The van der Waals surface area contributed by atoms with Crippen LogP contribution in [0.4, 0.5) is 11.4 Å². The van der Waals surface area contributed by atoms with Gasteiger partial charge in [-0.25, -0.2) is 0 Å². The standard InChI is InChI=1S/C7H8BrClN2/c1-11-7-5(9)2-4(8)3-6(7)10/h2-3,11H,10H2,1H3. The lowest BCUT2D eigenvalue weighted by Crippen LogP contribution is -1.96. The minimum atomic E-state index is 0.624. The number of nitrogens with two attached hydrogens (primary N) is 1. The third-order valence-electron chi connectivity index (χ3n) is 1.34. The van der Waals surface area contributed by atoms with E-state index in [1.165, 1.54) is 0 Å². The van der Waals surface area contributed by atoms with Crippen molar-refractivity contribution in [2.24, 2.45) is 0 Å². The topological polar surface area (TPSA) is 38.0 Å². The summed E-state index contributed by atoms with van der Waals surface area (Å²) in [5.41, 5.74) is 7.07. The average molecular weight is 236 g/mol. The summed E-state index contributed by atoms with van der Waals surface area (Å²) < 4.78 is 0.888. The van der Waals surface area contributed by atoms with Crippen LogP contribution in [0, 0.1) is 0 Å². The first-order chi connectivity index (χ1) is 5.15. The predicted molar refractivity (Wildman–Crippen MR) is 53.1 cm³/mol. The van der Waals surface area contributed by atoms with Crippen LogP contribution in [-0.2, 0) is 0 Å². The average Bonchev–Trinajstić information content (AvgIpc) is 1.85. The quantitative estimate of drug-likeness (QED) is 0.735. The van der Waals surface area contributed by atoms with E-state index in [9.17, 15) is 0 Å². The Labute approximate surface area is 78.9 Å². The number of hydrogen-bond donors (Lipinski definition) is 2. The highest BCUT2D eigenvalue weighted by molar-refractivity contribution is 9.10. The van der Waals surface area contributed by atoms with Crippen molar-refractivity contribution in [1.29, 1.82) is 0 Å². The van der Waals surface area contributed by atoms with Gasteiger partial charge in [-0.1, -0.05) is 27.5 Å². The van der Waals surface area contributed by atoms with Gasteiger partial charge in [0.2, 0.25) is 0 Å². The van der Waals surface area contributed by atoms with Crippen molar-refractivity contribution in [3.05, 3.63) is 21.6 Å². The van der Waals surface area contributed by atoms with Gasteiger partial charge in [-0.05, 0) is 12.1 Å². The van der Waals surface area contributed by atoms with E-state index < -0.39 is 0 Å². The fourth-order valence-corrected chi connectivity index (χ4v) is 1.79. The van der Waals surface area contributed by atoms with E-state index in [4.69, 9.17) is 17.3 Å². The Balaban J connectivity index is 3.25. The molecule has 1 aromatic carbocycles. The van der Waals surface area contributed by atoms with E-state index in [-0.39, 0.29) is 0 Å². The lowest BCUT2D eigenvalue weighted by molar-refractivity contribution is 1.50. The number of anilines is 2. The molecule has 0 saturated heterocycles. The van der Waals surface area contributed by atoms with Gasteiger partial charge in [0.15, 0.2) is 0 Å². The molecule has 3 N–H and O–H groups in total. The first-order valence-corrected chi connectivity index (χ1v) is 4.24. The lowest BCUT2D eigenvalue weighted by Gasteiger charge is -2.06. The summed E-state index contributed by atoms with van der Waals surface area (Å²) in [6.45, 7) is 0. The van der Waals surface area contributed by atoms with Gasteiger partial charge < -0.3 is 11.1 Å². The summed E-state index contributed by atoms with van der Waals surface area (Å²) in [5.74, 6) is 0. The Morgan fingerprint density at radius 1 is 1.55 bits per heavy atom. The zero-order valence-corrected chi connectivity index (χ0v) is 8.33. The maximum Gasteiger partial charge on any atom is 0.0761 e. The molecule has 0 aromatic heterocycles. The maximum absolute atomic E-state index is 5.86. The van der Waals surface area contributed by atoms with E-state index in [0.29, 0.717) is 10.7 Å². The molecule has 0 bridgehead atoms. The summed E-state index contributed by atoms with van der Waals surface area (Å²) in [6.07, 6.45) is 0. The molecule has 0 amide bonds. The summed E-state index contributed by atoms with van der Waals surface area (Å²) in [7, 11) is 1.78. The molecule has 0 aliphatic heterocycles. The third kappa shape index (κ3) is 1.79.